The summed E-state index contributed by atoms with van der Waals surface area (Å²) in [5.41, 5.74) is 6.78. The van der Waals surface area contributed by atoms with Crippen molar-refractivity contribution in [1.82, 2.24) is 15.0 Å². The topological polar surface area (TPSA) is 76.3 Å². The third-order valence-electron chi connectivity index (χ3n) is 4.92. The normalized spacial score (nSPS) is 12.0. The highest BCUT2D eigenvalue weighted by Gasteiger charge is 2.09. The average molecular weight is 479 g/mol. The first-order valence-corrected chi connectivity index (χ1v) is 11.4. The van der Waals surface area contributed by atoms with Crippen LogP contribution in [-0.4, -0.2) is 48.7 Å². The minimum atomic E-state index is -0.259. The molecule has 0 amide bonds. The fourth-order valence-electron chi connectivity index (χ4n) is 3.33. The summed E-state index contributed by atoms with van der Waals surface area (Å²) < 4.78 is 21.0. The Bertz CT molecular complexity index is 1170. The van der Waals surface area contributed by atoms with E-state index in [1.54, 1.807) is 44.9 Å². The first-order valence-electron chi connectivity index (χ1n) is 11.4. The Labute approximate surface area is 205 Å². The van der Waals surface area contributed by atoms with E-state index < -0.39 is 0 Å². The predicted molar refractivity (Wildman–Crippen MR) is 139 cm³/mol. The standard InChI is InChI=1S/C26H31FN6O2/c1-5-31-35-26-16-21(7-12-25(26)32-18-20(3)29-19-32)15-24(17-28-4)34-14-13-30-33(6-2)23-10-8-22(27)9-11-23/h5,7-12,15-19,30H,6,13-14H2,1-4H3/b24-15-,28-17?,31-5-. The van der Waals surface area contributed by atoms with Gasteiger partial charge in [0.1, 0.15) is 18.2 Å². The lowest BCUT2D eigenvalue weighted by Crippen LogP contribution is -2.39. The van der Waals surface area contributed by atoms with Gasteiger partial charge in [-0.15, -0.1) is 0 Å². The number of imidazole rings is 1. The molecule has 0 spiro atoms. The Morgan fingerprint density at radius 3 is 2.69 bits per heavy atom. The van der Waals surface area contributed by atoms with Crippen LogP contribution in [0.2, 0.25) is 0 Å². The SMILES string of the molecule is C/C=N\Oc1cc(/C=C(/C=NC)OCCNN(CC)c2ccc(F)cc2)ccc1-n1cnc(C)c1. The van der Waals surface area contributed by atoms with Crippen LogP contribution >= 0.6 is 0 Å². The third-order valence-corrected chi connectivity index (χ3v) is 4.92. The molecule has 0 aliphatic rings. The summed E-state index contributed by atoms with van der Waals surface area (Å²) in [6.45, 7) is 7.42. The lowest BCUT2D eigenvalue weighted by atomic mass is 10.1. The van der Waals surface area contributed by atoms with E-state index in [9.17, 15) is 4.39 Å². The summed E-state index contributed by atoms with van der Waals surface area (Å²) in [5, 5.41) is 5.87. The van der Waals surface area contributed by atoms with E-state index in [0.29, 0.717) is 24.7 Å². The first-order chi connectivity index (χ1) is 17.0. The van der Waals surface area contributed by atoms with Gasteiger partial charge >= 0.3 is 0 Å². The van der Waals surface area contributed by atoms with Gasteiger partial charge in [-0.2, -0.15) is 0 Å². The van der Waals surface area contributed by atoms with Gasteiger partial charge in [-0.3, -0.25) is 4.99 Å². The molecule has 9 heteroatoms. The molecule has 3 aromatic rings. The minimum Gasteiger partial charge on any atom is -0.491 e. The van der Waals surface area contributed by atoms with Gasteiger partial charge in [-0.1, -0.05) is 11.2 Å². The maximum absolute atomic E-state index is 13.2. The van der Waals surface area contributed by atoms with Crippen molar-refractivity contribution in [3.63, 3.8) is 0 Å². The van der Waals surface area contributed by atoms with E-state index in [2.05, 4.69) is 20.6 Å². The van der Waals surface area contributed by atoms with Crippen LogP contribution in [0.15, 0.2) is 70.9 Å². The zero-order valence-electron chi connectivity index (χ0n) is 20.5. The summed E-state index contributed by atoms with van der Waals surface area (Å²) in [5.74, 6) is 0.932. The van der Waals surface area contributed by atoms with Crippen LogP contribution in [0, 0.1) is 12.7 Å². The van der Waals surface area contributed by atoms with E-state index in [0.717, 1.165) is 29.2 Å². The minimum absolute atomic E-state index is 0.259. The number of anilines is 1. The summed E-state index contributed by atoms with van der Waals surface area (Å²) in [4.78, 5) is 14.0. The number of hydrogen-bond donors (Lipinski definition) is 1. The van der Waals surface area contributed by atoms with Gasteiger partial charge in [0.05, 0.1) is 29.6 Å². The van der Waals surface area contributed by atoms with E-state index in [1.807, 2.05) is 53.9 Å². The molecule has 0 radical (unpaired) electrons. The molecule has 0 unspecified atom stereocenters. The number of ether oxygens (including phenoxy) is 1. The average Bonchev–Trinajstić information content (AvgIpc) is 3.29. The molecule has 184 valence electrons. The molecular weight excluding hydrogens is 447 g/mol. The molecule has 0 fully saturated rings. The molecule has 0 aliphatic carbocycles. The lowest BCUT2D eigenvalue weighted by Gasteiger charge is -2.24. The number of aromatic nitrogens is 2. The smallest absolute Gasteiger partial charge is 0.182 e. The number of benzene rings is 2. The molecule has 0 atom stereocenters. The number of rotatable bonds is 12. The Hall–Kier alpha value is -3.98. The number of nitrogens with zero attached hydrogens (tertiary/aromatic N) is 5. The summed E-state index contributed by atoms with van der Waals surface area (Å²) in [6, 6.07) is 12.1. The largest absolute Gasteiger partial charge is 0.491 e. The van der Waals surface area contributed by atoms with Crippen LogP contribution in [0.3, 0.4) is 0 Å². The van der Waals surface area contributed by atoms with Crippen molar-refractivity contribution in [3.8, 4) is 11.4 Å². The highest BCUT2D eigenvalue weighted by atomic mass is 19.1. The van der Waals surface area contributed by atoms with Crippen molar-refractivity contribution in [3.05, 3.63) is 77.8 Å². The molecule has 0 bridgehead atoms. The van der Waals surface area contributed by atoms with Crippen molar-refractivity contribution in [2.24, 2.45) is 10.1 Å². The highest BCUT2D eigenvalue weighted by Crippen LogP contribution is 2.26. The lowest BCUT2D eigenvalue weighted by molar-refractivity contribution is 0.234. The zero-order chi connectivity index (χ0) is 25.0. The fraction of sp³-hybridized carbons (Fsp3) is 0.269. The number of aliphatic imine (C=N–C) groups is 1. The maximum Gasteiger partial charge on any atom is 0.182 e. The Kier molecular flexibility index (Phi) is 9.56. The monoisotopic (exact) mass is 478 g/mol. The molecule has 2 aromatic carbocycles. The molecule has 1 heterocycles. The summed E-state index contributed by atoms with van der Waals surface area (Å²) in [7, 11) is 1.69. The van der Waals surface area contributed by atoms with E-state index >= 15 is 0 Å². The number of hydrazine groups is 1. The second-order valence-electron chi connectivity index (χ2n) is 7.52. The predicted octanol–water partition coefficient (Wildman–Crippen LogP) is 4.79. The number of oxime groups is 1. The van der Waals surface area contributed by atoms with Crippen molar-refractivity contribution in [2.45, 2.75) is 20.8 Å². The molecule has 1 N–H and O–H groups in total. The molecule has 0 saturated carbocycles. The molecule has 0 aliphatic heterocycles. The fourth-order valence-corrected chi connectivity index (χ4v) is 3.33. The van der Waals surface area contributed by atoms with Gasteiger partial charge in [0.2, 0.25) is 0 Å². The highest BCUT2D eigenvalue weighted by molar-refractivity contribution is 5.83. The molecule has 1 aromatic heterocycles. The number of aryl methyl sites for hydroxylation is 1. The molecule has 8 nitrogen and oxygen atoms in total. The number of nitrogens with one attached hydrogen (secondary N) is 1. The van der Waals surface area contributed by atoms with Crippen LogP contribution in [0.5, 0.6) is 5.75 Å². The van der Waals surface area contributed by atoms with Crippen LogP contribution in [0.25, 0.3) is 11.8 Å². The van der Waals surface area contributed by atoms with Gasteiger partial charge in [-0.05, 0) is 68.8 Å². The van der Waals surface area contributed by atoms with Crippen LogP contribution < -0.4 is 15.3 Å². The second-order valence-corrected chi connectivity index (χ2v) is 7.52. The van der Waals surface area contributed by atoms with Crippen LogP contribution in [0.4, 0.5) is 10.1 Å². The van der Waals surface area contributed by atoms with Gasteiger partial charge in [0, 0.05) is 32.5 Å². The number of hydrogen-bond acceptors (Lipinski definition) is 7. The van der Waals surface area contributed by atoms with Crippen molar-refractivity contribution in [2.75, 3.05) is 31.8 Å². The van der Waals surface area contributed by atoms with Gasteiger partial charge in [-0.25, -0.2) is 14.8 Å². The quantitative estimate of drug-likeness (QED) is 0.175. The van der Waals surface area contributed by atoms with E-state index in [-0.39, 0.29) is 5.82 Å². The maximum atomic E-state index is 13.2. The summed E-state index contributed by atoms with van der Waals surface area (Å²) >= 11 is 0. The van der Waals surface area contributed by atoms with Crippen LogP contribution in [-0.2, 0) is 4.74 Å². The van der Waals surface area contributed by atoms with E-state index in [4.69, 9.17) is 9.57 Å². The third kappa shape index (κ3) is 7.51. The Balaban J connectivity index is 1.69. The number of halogens is 1. The van der Waals surface area contributed by atoms with Crippen molar-refractivity contribution >= 4 is 24.2 Å². The Morgan fingerprint density at radius 1 is 1.23 bits per heavy atom. The first kappa shape index (κ1) is 25.6. The second kappa shape index (κ2) is 13.0. The van der Waals surface area contributed by atoms with Crippen LogP contribution in [0.1, 0.15) is 25.1 Å². The Morgan fingerprint density at radius 2 is 2.03 bits per heavy atom. The van der Waals surface area contributed by atoms with Crippen molar-refractivity contribution in [1.29, 1.82) is 0 Å². The van der Waals surface area contributed by atoms with E-state index in [1.165, 1.54) is 12.1 Å². The van der Waals surface area contributed by atoms with Gasteiger partial charge < -0.3 is 19.2 Å². The van der Waals surface area contributed by atoms with Gasteiger partial charge in [0.15, 0.2) is 5.75 Å². The van der Waals surface area contributed by atoms with Crippen molar-refractivity contribution < 1.29 is 14.0 Å². The number of allylic oxidation sites excluding steroid dienone is 1. The van der Waals surface area contributed by atoms with Gasteiger partial charge in [0.25, 0.3) is 0 Å². The zero-order valence-corrected chi connectivity index (χ0v) is 20.5. The molecule has 3 rings (SSSR count). The molecular formula is C26H31FN6O2. The molecule has 0 saturated heterocycles. The summed E-state index contributed by atoms with van der Waals surface area (Å²) in [6.07, 6.45) is 8.79. The molecule has 35 heavy (non-hydrogen) atoms.